The van der Waals surface area contributed by atoms with Gasteiger partial charge in [-0.3, -0.25) is 9.59 Å². The molecule has 24 heavy (non-hydrogen) atoms. The summed E-state index contributed by atoms with van der Waals surface area (Å²) in [7, 11) is 3.10. The van der Waals surface area contributed by atoms with Crippen molar-refractivity contribution in [3.63, 3.8) is 0 Å². The predicted molar refractivity (Wildman–Crippen MR) is 90.8 cm³/mol. The van der Waals surface area contributed by atoms with Crippen molar-refractivity contribution in [2.24, 2.45) is 5.92 Å². The van der Waals surface area contributed by atoms with E-state index in [4.69, 9.17) is 9.47 Å². The van der Waals surface area contributed by atoms with E-state index in [9.17, 15) is 9.59 Å². The number of benzene rings is 2. The molecule has 0 saturated heterocycles. The van der Waals surface area contributed by atoms with Gasteiger partial charge in [0.15, 0.2) is 5.78 Å². The Kier molecular flexibility index (Phi) is 4.51. The Labute approximate surface area is 140 Å². The largest absolute Gasteiger partial charge is 0.497 e. The van der Waals surface area contributed by atoms with Crippen LogP contribution in [0.25, 0.3) is 0 Å². The van der Waals surface area contributed by atoms with Gasteiger partial charge >= 0.3 is 0 Å². The normalized spacial score (nSPS) is 16.2. The van der Waals surface area contributed by atoms with Gasteiger partial charge in [-0.1, -0.05) is 24.3 Å². The van der Waals surface area contributed by atoms with Crippen LogP contribution < -0.4 is 14.8 Å². The lowest BCUT2D eigenvalue weighted by molar-refractivity contribution is -0.119. The molecular formula is C19H19NO4. The van der Waals surface area contributed by atoms with Crippen LogP contribution in [0.4, 0.5) is 5.69 Å². The maximum Gasteiger partial charge on any atom is 0.228 e. The topological polar surface area (TPSA) is 64.6 Å². The third kappa shape index (κ3) is 3.11. The molecule has 0 aliphatic heterocycles. The number of ketones is 1. The maximum absolute atomic E-state index is 12.6. The van der Waals surface area contributed by atoms with E-state index in [0.29, 0.717) is 23.6 Å². The molecule has 1 aliphatic carbocycles. The summed E-state index contributed by atoms with van der Waals surface area (Å²) in [5, 5.41) is 2.86. The molecule has 3 rings (SSSR count). The van der Waals surface area contributed by atoms with Gasteiger partial charge in [-0.25, -0.2) is 0 Å². The standard InChI is InChI=1S/C19H19NO4/c1-23-14-7-8-16(18(11-14)24-2)20-19(22)13-9-12-5-3-4-6-15(12)17(21)10-13/h3-8,11,13H,9-10H2,1-2H3,(H,20,22). The van der Waals surface area contributed by atoms with E-state index in [1.54, 1.807) is 25.3 Å². The quantitative estimate of drug-likeness (QED) is 0.938. The molecule has 5 heteroatoms. The first-order chi connectivity index (χ1) is 11.6. The molecule has 0 heterocycles. The number of anilines is 1. The fourth-order valence-electron chi connectivity index (χ4n) is 2.96. The van der Waals surface area contributed by atoms with Crippen molar-refractivity contribution >= 4 is 17.4 Å². The zero-order valence-corrected chi connectivity index (χ0v) is 13.7. The van der Waals surface area contributed by atoms with E-state index in [0.717, 1.165) is 11.1 Å². The molecule has 1 aliphatic rings. The number of methoxy groups -OCH3 is 2. The minimum Gasteiger partial charge on any atom is -0.497 e. The second-order valence-electron chi connectivity index (χ2n) is 5.74. The lowest BCUT2D eigenvalue weighted by Crippen LogP contribution is -2.31. The average molecular weight is 325 g/mol. The fourth-order valence-corrected chi connectivity index (χ4v) is 2.96. The van der Waals surface area contributed by atoms with Crippen molar-refractivity contribution in [3.8, 4) is 11.5 Å². The molecular weight excluding hydrogens is 306 g/mol. The summed E-state index contributed by atoms with van der Waals surface area (Å²) < 4.78 is 10.4. The van der Waals surface area contributed by atoms with Crippen LogP contribution in [-0.4, -0.2) is 25.9 Å². The minimum absolute atomic E-state index is 0.0127. The summed E-state index contributed by atoms with van der Waals surface area (Å²) in [4.78, 5) is 24.8. The van der Waals surface area contributed by atoms with Crippen molar-refractivity contribution in [3.05, 3.63) is 53.6 Å². The van der Waals surface area contributed by atoms with Crippen LogP contribution in [0, 0.1) is 5.92 Å². The molecule has 0 bridgehead atoms. The van der Waals surface area contributed by atoms with Crippen molar-refractivity contribution in [1.29, 1.82) is 0 Å². The summed E-state index contributed by atoms with van der Waals surface area (Å²) in [6.07, 6.45) is 0.785. The number of rotatable bonds is 4. The molecule has 0 saturated carbocycles. The van der Waals surface area contributed by atoms with Crippen molar-refractivity contribution < 1.29 is 19.1 Å². The highest BCUT2D eigenvalue weighted by Gasteiger charge is 2.30. The number of hydrogen-bond acceptors (Lipinski definition) is 4. The van der Waals surface area contributed by atoms with E-state index in [2.05, 4.69) is 5.32 Å². The second kappa shape index (κ2) is 6.74. The van der Waals surface area contributed by atoms with Crippen molar-refractivity contribution in [1.82, 2.24) is 0 Å². The van der Waals surface area contributed by atoms with Crippen LogP contribution in [0.15, 0.2) is 42.5 Å². The molecule has 1 atom stereocenters. The molecule has 0 radical (unpaired) electrons. The number of Topliss-reactive ketones (excluding diaryl/α,β-unsaturated/α-hetero) is 1. The minimum atomic E-state index is -0.376. The zero-order valence-electron chi connectivity index (χ0n) is 13.7. The molecule has 124 valence electrons. The van der Waals surface area contributed by atoms with E-state index >= 15 is 0 Å². The highest BCUT2D eigenvalue weighted by atomic mass is 16.5. The first-order valence-corrected chi connectivity index (χ1v) is 7.76. The van der Waals surface area contributed by atoms with E-state index in [1.165, 1.54) is 7.11 Å². The number of fused-ring (bicyclic) bond motifs is 1. The first-order valence-electron chi connectivity index (χ1n) is 7.76. The Bertz CT molecular complexity index is 785. The van der Waals surface area contributed by atoms with Crippen LogP contribution in [0.3, 0.4) is 0 Å². The summed E-state index contributed by atoms with van der Waals surface area (Å²) in [5.41, 5.74) is 2.22. The first kappa shape index (κ1) is 16.1. The number of carbonyl (C=O) groups is 2. The SMILES string of the molecule is COc1ccc(NC(=O)C2CC(=O)c3ccccc3C2)c(OC)c1. The van der Waals surface area contributed by atoms with Gasteiger partial charge in [0.2, 0.25) is 5.91 Å². The Hall–Kier alpha value is -2.82. The molecule has 1 amide bonds. The van der Waals surface area contributed by atoms with Gasteiger partial charge in [0.25, 0.3) is 0 Å². The molecule has 0 spiro atoms. The fraction of sp³-hybridized carbons (Fsp3) is 0.263. The Morgan fingerprint density at radius 2 is 1.88 bits per heavy atom. The monoisotopic (exact) mass is 325 g/mol. The second-order valence-corrected chi connectivity index (χ2v) is 5.74. The molecule has 0 fully saturated rings. The van der Waals surface area contributed by atoms with Crippen molar-refractivity contribution in [2.45, 2.75) is 12.8 Å². The van der Waals surface area contributed by atoms with Crippen LogP contribution in [0.2, 0.25) is 0 Å². The smallest absolute Gasteiger partial charge is 0.228 e. The summed E-state index contributed by atoms with van der Waals surface area (Å²) in [5.74, 6) is 0.621. The predicted octanol–water partition coefficient (Wildman–Crippen LogP) is 3.09. The number of hydrogen-bond donors (Lipinski definition) is 1. The molecule has 1 unspecified atom stereocenters. The zero-order chi connectivity index (χ0) is 17.1. The molecule has 5 nitrogen and oxygen atoms in total. The highest BCUT2D eigenvalue weighted by Crippen LogP contribution is 2.31. The van der Waals surface area contributed by atoms with Crippen LogP contribution in [0.1, 0.15) is 22.3 Å². The van der Waals surface area contributed by atoms with Gasteiger partial charge in [0.1, 0.15) is 11.5 Å². The number of carbonyl (C=O) groups excluding carboxylic acids is 2. The molecule has 2 aromatic carbocycles. The van der Waals surface area contributed by atoms with Gasteiger partial charge in [0, 0.05) is 24.0 Å². The van der Waals surface area contributed by atoms with Gasteiger partial charge in [-0.2, -0.15) is 0 Å². The molecule has 0 aromatic heterocycles. The Balaban J connectivity index is 1.78. The Morgan fingerprint density at radius 1 is 1.08 bits per heavy atom. The van der Waals surface area contributed by atoms with Crippen molar-refractivity contribution in [2.75, 3.05) is 19.5 Å². The maximum atomic E-state index is 12.6. The lowest BCUT2D eigenvalue weighted by atomic mass is 9.82. The Morgan fingerprint density at radius 3 is 2.62 bits per heavy atom. The van der Waals surface area contributed by atoms with Gasteiger partial charge < -0.3 is 14.8 Å². The third-order valence-electron chi connectivity index (χ3n) is 4.25. The summed E-state index contributed by atoms with van der Waals surface area (Å²) in [6, 6.07) is 12.6. The highest BCUT2D eigenvalue weighted by molar-refractivity contribution is 6.04. The number of amides is 1. The van der Waals surface area contributed by atoms with Gasteiger partial charge in [-0.05, 0) is 24.1 Å². The van der Waals surface area contributed by atoms with Crippen LogP contribution in [0.5, 0.6) is 11.5 Å². The van der Waals surface area contributed by atoms with Crippen LogP contribution >= 0.6 is 0 Å². The van der Waals surface area contributed by atoms with Gasteiger partial charge in [-0.15, -0.1) is 0 Å². The van der Waals surface area contributed by atoms with Gasteiger partial charge in [0.05, 0.1) is 19.9 Å². The number of ether oxygens (including phenoxy) is 2. The van der Waals surface area contributed by atoms with E-state index in [-0.39, 0.29) is 24.0 Å². The molecule has 2 aromatic rings. The third-order valence-corrected chi connectivity index (χ3v) is 4.25. The molecule has 1 N–H and O–H groups in total. The summed E-state index contributed by atoms with van der Waals surface area (Å²) in [6.45, 7) is 0. The lowest BCUT2D eigenvalue weighted by Gasteiger charge is -2.23. The number of nitrogens with one attached hydrogen (secondary N) is 1. The van der Waals surface area contributed by atoms with E-state index in [1.807, 2.05) is 24.3 Å². The van der Waals surface area contributed by atoms with E-state index < -0.39 is 0 Å². The summed E-state index contributed by atoms with van der Waals surface area (Å²) >= 11 is 0. The average Bonchev–Trinajstić information content (AvgIpc) is 2.62. The van der Waals surface area contributed by atoms with Crippen LogP contribution in [-0.2, 0) is 11.2 Å².